The van der Waals surface area contributed by atoms with Crippen molar-refractivity contribution in [2.75, 3.05) is 0 Å². The number of hydrogen-bond acceptors (Lipinski definition) is 15. The standard InChI is InChI=1S/C35H28O15/c36-13-3-20(38)18-10-26(44)34(49-27(18)5-13)12-1-16-17(9-25(43)33(47)30(16)32(46)22(40)2-12)35-29(48-15-7-23(41)31(45)24(42)8-15)11-19-21(39)4-14(37)6-28(19)50-35/h1-9,26,29,34-39,41-45,47H,10-11H2,(H,40,46)/t26?,29-,34?,35-/m1/s1. The molecule has 0 aromatic heterocycles. The molecule has 0 bridgehead atoms. The monoisotopic (exact) mass is 688 g/mol. The minimum atomic E-state index is -1.38. The molecule has 2 unspecified atom stereocenters. The Morgan fingerprint density at radius 3 is 1.76 bits per heavy atom. The Morgan fingerprint density at radius 2 is 1.14 bits per heavy atom. The van der Waals surface area contributed by atoms with Crippen molar-refractivity contribution in [2.24, 2.45) is 0 Å². The average molecular weight is 689 g/mol. The summed E-state index contributed by atoms with van der Waals surface area (Å²) in [5, 5.41) is 114. The molecule has 2 aliphatic rings. The number of benzene rings is 4. The summed E-state index contributed by atoms with van der Waals surface area (Å²) in [6.45, 7) is 0. The third kappa shape index (κ3) is 5.25. The SMILES string of the molecule is O=c1c(O)cc(C2Oc3cc(O)cc(O)c3CC2O)cc2c([C@H]3Oc4cc(O)cc(O)c4C[C@H]3Oc3cc(O)c(O)c(O)c3)cc(O)c(O)c12. The maximum Gasteiger partial charge on any atom is 0.231 e. The summed E-state index contributed by atoms with van der Waals surface area (Å²) in [6, 6.07) is 9.87. The molecule has 7 rings (SSSR count). The van der Waals surface area contributed by atoms with Crippen LogP contribution in [0.25, 0.3) is 10.8 Å². The molecule has 0 fully saturated rings. The van der Waals surface area contributed by atoms with Crippen LogP contribution >= 0.6 is 0 Å². The summed E-state index contributed by atoms with van der Waals surface area (Å²) < 4.78 is 18.3. The molecule has 15 nitrogen and oxygen atoms in total. The Kier molecular flexibility index (Phi) is 7.37. The molecule has 0 spiro atoms. The molecule has 0 amide bonds. The number of fused-ring (bicyclic) bond motifs is 3. The van der Waals surface area contributed by atoms with Gasteiger partial charge in [0.15, 0.2) is 34.9 Å². The van der Waals surface area contributed by atoms with Gasteiger partial charge in [0, 0.05) is 65.9 Å². The summed E-state index contributed by atoms with van der Waals surface area (Å²) in [4.78, 5) is 13.6. The van der Waals surface area contributed by atoms with E-state index in [9.17, 15) is 61.0 Å². The maximum absolute atomic E-state index is 13.6. The van der Waals surface area contributed by atoms with E-state index in [1.54, 1.807) is 0 Å². The van der Waals surface area contributed by atoms with E-state index in [2.05, 4.69) is 0 Å². The molecule has 11 N–H and O–H groups in total. The summed E-state index contributed by atoms with van der Waals surface area (Å²) in [6.07, 6.45) is -5.61. The lowest BCUT2D eigenvalue weighted by atomic mass is 9.90. The van der Waals surface area contributed by atoms with Crippen molar-refractivity contribution < 1.29 is 70.4 Å². The number of rotatable bonds is 4. The second-order valence-corrected chi connectivity index (χ2v) is 12.0. The van der Waals surface area contributed by atoms with Gasteiger partial charge in [0.1, 0.15) is 52.5 Å². The predicted octanol–water partition coefficient (Wildman–Crippen LogP) is 3.42. The van der Waals surface area contributed by atoms with Crippen molar-refractivity contribution in [3.63, 3.8) is 0 Å². The number of phenols is 9. The van der Waals surface area contributed by atoms with Crippen molar-refractivity contribution in [1.82, 2.24) is 0 Å². The van der Waals surface area contributed by atoms with E-state index in [0.29, 0.717) is 0 Å². The molecular weight excluding hydrogens is 660 g/mol. The van der Waals surface area contributed by atoms with E-state index in [-0.39, 0.29) is 80.7 Å². The van der Waals surface area contributed by atoms with Crippen molar-refractivity contribution in [2.45, 2.75) is 37.3 Å². The van der Waals surface area contributed by atoms with Crippen LogP contribution in [0.5, 0.6) is 74.7 Å². The van der Waals surface area contributed by atoms with Gasteiger partial charge in [0.2, 0.25) is 11.2 Å². The quantitative estimate of drug-likeness (QED) is 0.121. The third-order valence-electron chi connectivity index (χ3n) is 8.75. The van der Waals surface area contributed by atoms with Gasteiger partial charge in [-0.25, -0.2) is 0 Å². The van der Waals surface area contributed by atoms with Crippen LogP contribution < -0.4 is 19.6 Å². The fraction of sp³-hybridized carbons (Fsp3) is 0.171. The van der Waals surface area contributed by atoms with E-state index in [1.165, 1.54) is 18.2 Å². The Morgan fingerprint density at radius 1 is 0.580 bits per heavy atom. The molecule has 5 aromatic carbocycles. The van der Waals surface area contributed by atoms with Gasteiger partial charge in [-0.3, -0.25) is 4.79 Å². The maximum atomic E-state index is 13.6. The molecule has 0 saturated carbocycles. The minimum Gasteiger partial charge on any atom is -0.508 e. The molecule has 50 heavy (non-hydrogen) atoms. The highest BCUT2D eigenvalue weighted by Crippen LogP contribution is 2.49. The Labute approximate surface area is 280 Å². The van der Waals surface area contributed by atoms with Crippen LogP contribution in [0.15, 0.2) is 59.4 Å². The smallest absolute Gasteiger partial charge is 0.231 e. The fourth-order valence-corrected chi connectivity index (χ4v) is 6.42. The number of aromatic hydroxyl groups is 10. The lowest BCUT2D eigenvalue weighted by Crippen LogP contribution is -2.35. The highest BCUT2D eigenvalue weighted by molar-refractivity contribution is 5.94. The van der Waals surface area contributed by atoms with Crippen LogP contribution in [-0.2, 0) is 12.8 Å². The molecular formula is C35H28O15. The molecule has 15 heteroatoms. The van der Waals surface area contributed by atoms with Crippen molar-refractivity contribution in [3.8, 4) is 74.7 Å². The molecule has 4 atom stereocenters. The van der Waals surface area contributed by atoms with Gasteiger partial charge >= 0.3 is 0 Å². The van der Waals surface area contributed by atoms with Crippen molar-refractivity contribution in [3.05, 3.63) is 87.1 Å². The molecule has 258 valence electrons. The highest BCUT2D eigenvalue weighted by Gasteiger charge is 2.38. The average Bonchev–Trinajstić information content (AvgIpc) is 3.17. The third-order valence-corrected chi connectivity index (χ3v) is 8.75. The Hall–Kier alpha value is -6.61. The van der Waals surface area contributed by atoms with Crippen LogP contribution in [0.4, 0.5) is 0 Å². The fourth-order valence-electron chi connectivity index (χ4n) is 6.42. The van der Waals surface area contributed by atoms with Crippen LogP contribution in [0.1, 0.15) is 34.5 Å². The Bertz CT molecular complexity index is 2260. The number of aliphatic hydroxyl groups is 1. The summed E-state index contributed by atoms with van der Waals surface area (Å²) in [5.41, 5.74) is -0.837. The number of hydrogen-bond donors (Lipinski definition) is 11. The first-order chi connectivity index (χ1) is 23.7. The first kappa shape index (κ1) is 32.0. The highest BCUT2D eigenvalue weighted by atomic mass is 16.5. The van der Waals surface area contributed by atoms with Gasteiger partial charge in [0.05, 0.1) is 11.5 Å². The largest absolute Gasteiger partial charge is 0.508 e. The van der Waals surface area contributed by atoms with Gasteiger partial charge in [-0.05, 0) is 29.1 Å². The van der Waals surface area contributed by atoms with Crippen LogP contribution in [0.2, 0.25) is 0 Å². The number of ether oxygens (including phenoxy) is 3. The molecule has 5 aromatic rings. The van der Waals surface area contributed by atoms with Gasteiger partial charge in [-0.15, -0.1) is 0 Å². The van der Waals surface area contributed by atoms with Gasteiger partial charge in [-0.2, -0.15) is 0 Å². The van der Waals surface area contributed by atoms with E-state index in [0.717, 1.165) is 36.4 Å². The predicted molar refractivity (Wildman–Crippen MR) is 171 cm³/mol. The molecule has 0 saturated heterocycles. The summed E-state index contributed by atoms with van der Waals surface area (Å²) in [7, 11) is 0. The van der Waals surface area contributed by atoms with Crippen molar-refractivity contribution >= 4 is 10.8 Å². The molecule has 0 aliphatic carbocycles. The van der Waals surface area contributed by atoms with Crippen LogP contribution in [0.3, 0.4) is 0 Å². The van der Waals surface area contributed by atoms with Crippen LogP contribution in [-0.4, -0.2) is 68.4 Å². The van der Waals surface area contributed by atoms with Gasteiger partial charge < -0.3 is 70.4 Å². The van der Waals surface area contributed by atoms with E-state index >= 15 is 0 Å². The molecule has 0 radical (unpaired) electrons. The minimum absolute atomic E-state index is 0.0110. The van der Waals surface area contributed by atoms with Crippen molar-refractivity contribution in [1.29, 1.82) is 0 Å². The Balaban J connectivity index is 1.44. The van der Waals surface area contributed by atoms with Gasteiger partial charge in [-0.1, -0.05) is 0 Å². The summed E-state index contributed by atoms with van der Waals surface area (Å²) in [5.74, 6) is -6.50. The number of phenolic OH excluding ortho intramolecular Hbond substituents is 9. The lowest BCUT2D eigenvalue weighted by molar-refractivity contribution is 0.0198. The first-order valence-corrected chi connectivity index (χ1v) is 15.0. The zero-order valence-electron chi connectivity index (χ0n) is 25.5. The second kappa shape index (κ2) is 11.5. The lowest BCUT2D eigenvalue weighted by Gasteiger charge is -2.35. The zero-order valence-corrected chi connectivity index (χ0v) is 25.5. The van der Waals surface area contributed by atoms with Gasteiger partial charge in [0.25, 0.3) is 0 Å². The molecule has 2 aliphatic heterocycles. The second-order valence-electron chi connectivity index (χ2n) is 12.0. The van der Waals surface area contributed by atoms with E-state index in [4.69, 9.17) is 14.2 Å². The summed E-state index contributed by atoms with van der Waals surface area (Å²) >= 11 is 0. The van der Waals surface area contributed by atoms with E-state index < -0.39 is 69.7 Å². The van der Waals surface area contributed by atoms with E-state index in [1.807, 2.05) is 0 Å². The first-order valence-electron chi connectivity index (χ1n) is 15.0. The topological polar surface area (TPSA) is 267 Å². The van der Waals surface area contributed by atoms with Crippen LogP contribution in [0, 0.1) is 0 Å². The normalized spacial score (nSPS) is 19.5. The molecule has 2 heterocycles. The number of aliphatic hydroxyl groups excluding tert-OH is 1. The zero-order chi connectivity index (χ0) is 35.8.